The van der Waals surface area contributed by atoms with Crippen molar-refractivity contribution in [2.45, 2.75) is 0 Å². The third-order valence-electron chi connectivity index (χ3n) is 1.41. The van der Waals surface area contributed by atoms with E-state index in [4.69, 9.17) is 0 Å². The molecule has 0 aliphatic carbocycles. The van der Waals surface area contributed by atoms with Crippen LogP contribution in [0, 0.1) is 17.0 Å². The molecule has 1 radical (unpaired) electrons. The van der Waals surface area contributed by atoms with Crippen molar-refractivity contribution in [2.75, 3.05) is 0 Å². The maximum atomic E-state index is 10.2. The molecule has 0 aromatic heterocycles. The van der Waals surface area contributed by atoms with Gasteiger partial charge < -0.3 is 0 Å². The molecule has 0 heterocycles. The van der Waals surface area contributed by atoms with Gasteiger partial charge in [-0.2, -0.15) is 0 Å². The highest BCUT2D eigenvalue weighted by Gasteiger charge is 2.01. The predicted octanol–water partition coefficient (Wildman–Crippen LogP) is 2.44. The molecule has 1 rings (SSSR count). The van der Waals surface area contributed by atoms with Gasteiger partial charge in [-0.3, -0.25) is 10.1 Å². The number of allylic oxidation sites excluding steroid dienone is 1. The van der Waals surface area contributed by atoms with E-state index in [0.29, 0.717) is 0 Å². The van der Waals surface area contributed by atoms with E-state index < -0.39 is 4.92 Å². The third kappa shape index (κ3) is 1.92. The van der Waals surface area contributed by atoms with Crippen LogP contribution in [0.1, 0.15) is 5.56 Å². The van der Waals surface area contributed by atoms with Gasteiger partial charge in [0.05, 0.1) is 4.92 Å². The molecule has 0 bridgehead atoms. The Kier molecular flexibility index (Phi) is 2.58. The first-order valence-electron chi connectivity index (χ1n) is 3.44. The first-order chi connectivity index (χ1) is 5.74. The van der Waals surface area contributed by atoms with E-state index in [-0.39, 0.29) is 5.69 Å². The Balaban J connectivity index is 2.93. The van der Waals surface area contributed by atoms with E-state index in [0.717, 1.165) is 5.56 Å². The molecular formula is C9H8NO2. The Morgan fingerprint density at radius 1 is 1.33 bits per heavy atom. The smallest absolute Gasteiger partial charge is 0.258 e. The lowest BCUT2D eigenvalue weighted by Crippen LogP contribution is -1.86. The summed E-state index contributed by atoms with van der Waals surface area (Å²) in [6, 6.07) is 6.30. The highest BCUT2D eigenvalue weighted by molar-refractivity contribution is 5.51. The van der Waals surface area contributed by atoms with Crippen LogP contribution in [0.25, 0.3) is 6.08 Å². The summed E-state index contributed by atoms with van der Waals surface area (Å²) in [6.07, 6.45) is 3.42. The monoisotopic (exact) mass is 162 g/mol. The summed E-state index contributed by atoms with van der Waals surface area (Å²) in [4.78, 5) is 9.83. The van der Waals surface area contributed by atoms with Crippen molar-refractivity contribution in [3.63, 3.8) is 0 Å². The van der Waals surface area contributed by atoms with Crippen LogP contribution in [0.2, 0.25) is 0 Å². The van der Waals surface area contributed by atoms with Crippen LogP contribution in [-0.2, 0) is 0 Å². The molecule has 0 saturated carbocycles. The molecule has 0 spiro atoms. The molecule has 3 nitrogen and oxygen atoms in total. The summed E-state index contributed by atoms with van der Waals surface area (Å²) in [5, 5.41) is 10.2. The van der Waals surface area contributed by atoms with Crippen LogP contribution >= 0.6 is 0 Å². The maximum absolute atomic E-state index is 10.2. The van der Waals surface area contributed by atoms with Gasteiger partial charge in [0.1, 0.15) is 0 Å². The lowest BCUT2D eigenvalue weighted by molar-refractivity contribution is -0.384. The topological polar surface area (TPSA) is 43.1 Å². The molecule has 0 amide bonds. The first-order valence-corrected chi connectivity index (χ1v) is 3.44. The number of nitrogens with zero attached hydrogens (tertiary/aromatic N) is 1. The fourth-order valence-corrected chi connectivity index (χ4v) is 0.843. The minimum absolute atomic E-state index is 0.108. The van der Waals surface area contributed by atoms with E-state index in [1.54, 1.807) is 24.3 Å². The van der Waals surface area contributed by atoms with E-state index in [9.17, 15) is 10.1 Å². The number of benzene rings is 1. The van der Waals surface area contributed by atoms with Gasteiger partial charge in [-0.25, -0.2) is 0 Å². The summed E-state index contributed by atoms with van der Waals surface area (Å²) in [5.41, 5.74) is 1.02. The second-order valence-corrected chi connectivity index (χ2v) is 2.25. The summed E-state index contributed by atoms with van der Waals surface area (Å²) in [5.74, 6) is 0. The standard InChI is InChI=1S/C9H8NO2/c1-2-3-8-4-6-9(7-5-8)10(11)12/h2-7H,1H2. The van der Waals surface area contributed by atoms with E-state index >= 15 is 0 Å². The number of hydrogen-bond acceptors (Lipinski definition) is 2. The van der Waals surface area contributed by atoms with Crippen molar-refractivity contribution in [3.05, 3.63) is 52.9 Å². The number of hydrogen-bond donors (Lipinski definition) is 0. The molecule has 0 aliphatic heterocycles. The van der Waals surface area contributed by atoms with Gasteiger partial charge in [-0.15, -0.1) is 0 Å². The SMILES string of the molecule is [CH2]C=Cc1ccc([N+](=O)[O-])cc1. The molecule has 1 aromatic carbocycles. The van der Waals surface area contributed by atoms with Gasteiger partial charge in [0, 0.05) is 12.1 Å². The molecule has 3 heteroatoms. The Morgan fingerprint density at radius 3 is 2.33 bits per heavy atom. The second kappa shape index (κ2) is 3.67. The van der Waals surface area contributed by atoms with Gasteiger partial charge in [0.25, 0.3) is 5.69 Å². The Morgan fingerprint density at radius 2 is 1.92 bits per heavy atom. The van der Waals surface area contributed by atoms with Crippen molar-refractivity contribution < 1.29 is 4.92 Å². The van der Waals surface area contributed by atoms with Crippen molar-refractivity contribution in [2.24, 2.45) is 0 Å². The lowest BCUT2D eigenvalue weighted by atomic mass is 10.2. The molecule has 0 saturated heterocycles. The van der Waals surface area contributed by atoms with Crippen molar-refractivity contribution >= 4 is 11.8 Å². The minimum atomic E-state index is -0.419. The van der Waals surface area contributed by atoms with Crippen LogP contribution in [0.4, 0.5) is 5.69 Å². The van der Waals surface area contributed by atoms with Crippen LogP contribution in [0.5, 0.6) is 0 Å². The molecule has 0 atom stereocenters. The minimum Gasteiger partial charge on any atom is -0.258 e. The van der Waals surface area contributed by atoms with Gasteiger partial charge in [0.15, 0.2) is 0 Å². The van der Waals surface area contributed by atoms with E-state index in [1.165, 1.54) is 12.1 Å². The molecule has 0 unspecified atom stereocenters. The first kappa shape index (κ1) is 8.46. The fourth-order valence-electron chi connectivity index (χ4n) is 0.843. The molecule has 0 fully saturated rings. The highest BCUT2D eigenvalue weighted by Crippen LogP contribution is 2.12. The molecule has 61 valence electrons. The predicted molar refractivity (Wildman–Crippen MR) is 47.5 cm³/mol. The summed E-state index contributed by atoms with van der Waals surface area (Å²) in [6.45, 7) is 3.52. The summed E-state index contributed by atoms with van der Waals surface area (Å²) in [7, 11) is 0. The van der Waals surface area contributed by atoms with E-state index in [2.05, 4.69) is 6.92 Å². The number of non-ortho nitro benzene ring substituents is 1. The van der Waals surface area contributed by atoms with Gasteiger partial charge in [0.2, 0.25) is 0 Å². The Labute approximate surface area is 70.5 Å². The summed E-state index contributed by atoms with van der Waals surface area (Å²) < 4.78 is 0. The maximum Gasteiger partial charge on any atom is 0.269 e. The molecule has 0 aliphatic rings. The van der Waals surface area contributed by atoms with Crippen molar-refractivity contribution in [3.8, 4) is 0 Å². The number of nitro benzene ring substituents is 1. The van der Waals surface area contributed by atoms with Crippen LogP contribution in [-0.4, -0.2) is 4.92 Å². The van der Waals surface area contributed by atoms with E-state index in [1.807, 2.05) is 0 Å². The largest absolute Gasteiger partial charge is 0.269 e. The Hall–Kier alpha value is -1.64. The molecule has 0 N–H and O–H groups in total. The van der Waals surface area contributed by atoms with Crippen LogP contribution in [0.3, 0.4) is 0 Å². The normalized spacial score (nSPS) is 10.4. The van der Waals surface area contributed by atoms with Gasteiger partial charge in [-0.05, 0) is 24.6 Å². The second-order valence-electron chi connectivity index (χ2n) is 2.25. The van der Waals surface area contributed by atoms with Crippen molar-refractivity contribution in [1.29, 1.82) is 0 Å². The zero-order valence-electron chi connectivity index (χ0n) is 6.43. The molecule has 1 aromatic rings. The zero-order chi connectivity index (χ0) is 8.97. The van der Waals surface area contributed by atoms with Crippen LogP contribution in [0.15, 0.2) is 30.3 Å². The lowest BCUT2D eigenvalue weighted by Gasteiger charge is -1.91. The molecular weight excluding hydrogens is 154 g/mol. The number of nitro groups is 1. The Bertz CT molecular complexity index is 301. The van der Waals surface area contributed by atoms with Gasteiger partial charge in [-0.1, -0.05) is 12.2 Å². The quantitative estimate of drug-likeness (QED) is 0.495. The van der Waals surface area contributed by atoms with Gasteiger partial charge >= 0.3 is 0 Å². The molecule has 12 heavy (non-hydrogen) atoms. The third-order valence-corrected chi connectivity index (χ3v) is 1.41. The van der Waals surface area contributed by atoms with Crippen LogP contribution < -0.4 is 0 Å². The zero-order valence-corrected chi connectivity index (χ0v) is 6.43. The fraction of sp³-hybridized carbons (Fsp3) is 0. The number of rotatable bonds is 2. The highest BCUT2D eigenvalue weighted by atomic mass is 16.6. The average Bonchev–Trinajstić information content (AvgIpc) is 2.06. The van der Waals surface area contributed by atoms with Crippen molar-refractivity contribution in [1.82, 2.24) is 0 Å². The average molecular weight is 162 g/mol. The summed E-state index contributed by atoms with van der Waals surface area (Å²) >= 11 is 0.